The van der Waals surface area contributed by atoms with Crippen molar-refractivity contribution < 1.29 is 19.4 Å². The standard InChI is InChI=1S/C9H16O3.C5H9NO/c1-2-9(11)12-8-6-4-3-5-7-10;1-2-3-4-6-5-7/h2,10H,1,3-8H2;2-4H2,1H3. The smallest absolute Gasteiger partial charge is 0.330 e. The van der Waals surface area contributed by atoms with Crippen LogP contribution < -0.4 is 0 Å². The highest BCUT2D eigenvalue weighted by Crippen LogP contribution is 1.99. The second kappa shape index (κ2) is 18.9. The highest BCUT2D eigenvalue weighted by Gasteiger charge is 1.94. The average Bonchev–Trinajstić information content (AvgIpc) is 2.43. The molecule has 0 radical (unpaired) electrons. The van der Waals surface area contributed by atoms with E-state index in [0.717, 1.165) is 44.6 Å². The van der Waals surface area contributed by atoms with E-state index in [4.69, 9.17) is 9.84 Å². The summed E-state index contributed by atoms with van der Waals surface area (Å²) in [5.74, 6) is -0.364. The molecule has 0 spiro atoms. The molecule has 1 N–H and O–H groups in total. The van der Waals surface area contributed by atoms with Crippen LogP contribution >= 0.6 is 0 Å². The Hall–Kier alpha value is -1.45. The van der Waals surface area contributed by atoms with Gasteiger partial charge in [0.15, 0.2) is 0 Å². The van der Waals surface area contributed by atoms with Gasteiger partial charge in [-0.1, -0.05) is 26.3 Å². The lowest BCUT2D eigenvalue weighted by atomic mass is 10.2. The maximum Gasteiger partial charge on any atom is 0.330 e. The summed E-state index contributed by atoms with van der Waals surface area (Å²) >= 11 is 0. The van der Waals surface area contributed by atoms with E-state index in [0.29, 0.717) is 13.2 Å². The van der Waals surface area contributed by atoms with E-state index in [1.165, 1.54) is 6.08 Å². The molecule has 0 heterocycles. The molecule has 0 aromatic rings. The third-order valence-corrected chi connectivity index (χ3v) is 2.15. The molecule has 0 atom stereocenters. The van der Waals surface area contributed by atoms with E-state index < -0.39 is 0 Å². The first-order chi connectivity index (χ1) is 9.22. The van der Waals surface area contributed by atoms with Gasteiger partial charge in [0.05, 0.1) is 13.2 Å². The SMILES string of the molecule is C=CC(=O)OCCCCCCO.CCCCN=C=O. The fourth-order valence-electron chi connectivity index (χ4n) is 1.08. The summed E-state index contributed by atoms with van der Waals surface area (Å²) in [6.07, 6.45) is 8.39. The second-order valence-corrected chi connectivity index (χ2v) is 3.84. The molecule has 19 heavy (non-hydrogen) atoms. The number of ether oxygens (including phenoxy) is 1. The lowest BCUT2D eigenvalue weighted by Gasteiger charge is -2.00. The average molecular weight is 271 g/mol. The zero-order chi connectivity index (χ0) is 14.8. The Labute approximate surface area is 115 Å². The Morgan fingerprint density at radius 3 is 2.53 bits per heavy atom. The molecule has 5 nitrogen and oxygen atoms in total. The molecular formula is C14H25NO4. The molecule has 0 aromatic heterocycles. The predicted octanol–water partition coefficient (Wildman–Crippen LogP) is 2.39. The van der Waals surface area contributed by atoms with Crippen molar-refractivity contribution in [2.24, 2.45) is 4.99 Å². The van der Waals surface area contributed by atoms with Crippen LogP contribution in [0.5, 0.6) is 0 Å². The van der Waals surface area contributed by atoms with Gasteiger partial charge in [0, 0.05) is 12.7 Å². The number of aliphatic hydroxyl groups is 1. The fraction of sp³-hybridized carbons (Fsp3) is 0.714. The van der Waals surface area contributed by atoms with Crippen molar-refractivity contribution in [1.29, 1.82) is 0 Å². The quantitative estimate of drug-likeness (QED) is 0.218. The third-order valence-electron chi connectivity index (χ3n) is 2.15. The molecule has 0 aromatic carbocycles. The van der Waals surface area contributed by atoms with E-state index in [9.17, 15) is 9.59 Å². The first-order valence-electron chi connectivity index (χ1n) is 6.66. The van der Waals surface area contributed by atoms with Crippen LogP contribution in [0.15, 0.2) is 17.6 Å². The number of aliphatic hydroxyl groups excluding tert-OH is 1. The molecule has 0 bridgehead atoms. The number of nitrogens with zero attached hydrogens (tertiary/aromatic N) is 1. The summed E-state index contributed by atoms with van der Waals surface area (Å²) in [7, 11) is 0. The van der Waals surface area contributed by atoms with Crippen molar-refractivity contribution in [3.8, 4) is 0 Å². The van der Waals surface area contributed by atoms with Gasteiger partial charge < -0.3 is 9.84 Å². The minimum atomic E-state index is -0.364. The number of rotatable bonds is 10. The summed E-state index contributed by atoms with van der Waals surface area (Å²) in [6, 6.07) is 0. The molecule has 0 fully saturated rings. The first kappa shape index (κ1) is 19.9. The van der Waals surface area contributed by atoms with Gasteiger partial charge in [-0.2, -0.15) is 0 Å². The van der Waals surface area contributed by atoms with Gasteiger partial charge in [-0.3, -0.25) is 0 Å². The Bertz CT molecular complexity index is 260. The van der Waals surface area contributed by atoms with Gasteiger partial charge >= 0.3 is 5.97 Å². The molecule has 0 aliphatic rings. The first-order valence-corrected chi connectivity index (χ1v) is 6.66. The Balaban J connectivity index is 0. The van der Waals surface area contributed by atoms with Crippen LogP contribution in [-0.4, -0.2) is 36.9 Å². The predicted molar refractivity (Wildman–Crippen MR) is 74.6 cm³/mol. The molecule has 0 saturated carbocycles. The maximum atomic E-state index is 10.5. The van der Waals surface area contributed by atoms with Gasteiger partial charge in [-0.15, -0.1) is 0 Å². The Morgan fingerprint density at radius 1 is 1.32 bits per heavy atom. The van der Waals surface area contributed by atoms with Crippen LogP contribution in [0.4, 0.5) is 0 Å². The molecule has 5 heteroatoms. The topological polar surface area (TPSA) is 76.0 Å². The molecule has 0 rings (SSSR count). The molecule has 0 aliphatic carbocycles. The number of esters is 1. The molecule has 0 saturated heterocycles. The summed E-state index contributed by atoms with van der Waals surface area (Å²) in [5.41, 5.74) is 0. The van der Waals surface area contributed by atoms with Crippen molar-refractivity contribution in [3.05, 3.63) is 12.7 Å². The number of carbonyl (C=O) groups excluding carboxylic acids is 2. The van der Waals surface area contributed by atoms with Gasteiger partial charge in [0.25, 0.3) is 0 Å². The zero-order valence-electron chi connectivity index (χ0n) is 11.8. The molecule has 110 valence electrons. The van der Waals surface area contributed by atoms with Gasteiger partial charge in [-0.25, -0.2) is 14.6 Å². The van der Waals surface area contributed by atoms with E-state index in [1.54, 1.807) is 0 Å². The van der Waals surface area contributed by atoms with Crippen molar-refractivity contribution in [3.63, 3.8) is 0 Å². The third kappa shape index (κ3) is 22.2. The number of hydrogen-bond donors (Lipinski definition) is 1. The monoisotopic (exact) mass is 271 g/mol. The van der Waals surface area contributed by atoms with Gasteiger partial charge in [0.2, 0.25) is 6.08 Å². The summed E-state index contributed by atoms with van der Waals surface area (Å²) in [4.78, 5) is 23.3. The van der Waals surface area contributed by atoms with E-state index in [1.807, 2.05) is 0 Å². The van der Waals surface area contributed by atoms with Crippen molar-refractivity contribution in [2.75, 3.05) is 19.8 Å². The molecule has 0 unspecified atom stereocenters. The van der Waals surface area contributed by atoms with Crippen molar-refractivity contribution in [2.45, 2.75) is 45.4 Å². The molecular weight excluding hydrogens is 246 g/mol. The number of carbonyl (C=O) groups is 1. The second-order valence-electron chi connectivity index (χ2n) is 3.84. The summed E-state index contributed by atoms with van der Waals surface area (Å²) in [5, 5.41) is 8.45. The number of isocyanates is 1. The summed E-state index contributed by atoms with van der Waals surface area (Å²) < 4.78 is 4.75. The van der Waals surface area contributed by atoms with Gasteiger partial charge in [0.1, 0.15) is 0 Å². The van der Waals surface area contributed by atoms with E-state index >= 15 is 0 Å². The Morgan fingerprint density at radius 2 is 2.00 bits per heavy atom. The maximum absolute atomic E-state index is 10.5. The van der Waals surface area contributed by atoms with Crippen LogP contribution in [0.25, 0.3) is 0 Å². The summed E-state index contributed by atoms with van der Waals surface area (Å²) in [6.45, 7) is 6.67. The number of unbranched alkanes of at least 4 members (excludes halogenated alkanes) is 4. The molecule has 0 amide bonds. The molecule has 0 aliphatic heterocycles. The van der Waals surface area contributed by atoms with E-state index in [2.05, 4.69) is 18.5 Å². The van der Waals surface area contributed by atoms with Crippen molar-refractivity contribution in [1.82, 2.24) is 0 Å². The number of hydrogen-bond acceptors (Lipinski definition) is 5. The highest BCUT2D eigenvalue weighted by atomic mass is 16.5. The van der Waals surface area contributed by atoms with E-state index in [-0.39, 0.29) is 12.6 Å². The van der Waals surface area contributed by atoms with Crippen LogP contribution in [0.2, 0.25) is 0 Å². The highest BCUT2D eigenvalue weighted by molar-refractivity contribution is 5.81. The fourth-order valence-corrected chi connectivity index (χ4v) is 1.08. The van der Waals surface area contributed by atoms with Crippen molar-refractivity contribution >= 4 is 12.0 Å². The normalized spacial score (nSPS) is 8.74. The Kier molecular flexibility index (Phi) is 19.8. The van der Waals surface area contributed by atoms with Crippen LogP contribution in [0.3, 0.4) is 0 Å². The van der Waals surface area contributed by atoms with Crippen LogP contribution in [-0.2, 0) is 14.3 Å². The minimum Gasteiger partial charge on any atom is -0.463 e. The van der Waals surface area contributed by atoms with Gasteiger partial charge in [-0.05, 0) is 25.7 Å². The largest absolute Gasteiger partial charge is 0.463 e. The minimum absolute atomic E-state index is 0.243. The van der Waals surface area contributed by atoms with Crippen LogP contribution in [0, 0.1) is 0 Å². The lowest BCUT2D eigenvalue weighted by Crippen LogP contribution is -2.01. The number of aliphatic imine (C=N–C) groups is 1. The zero-order valence-corrected chi connectivity index (χ0v) is 11.8. The lowest BCUT2D eigenvalue weighted by molar-refractivity contribution is -0.137. The van der Waals surface area contributed by atoms with Crippen LogP contribution in [0.1, 0.15) is 45.4 Å².